The van der Waals surface area contributed by atoms with Gasteiger partial charge in [-0.3, -0.25) is 9.69 Å². The van der Waals surface area contributed by atoms with E-state index in [0.29, 0.717) is 24.1 Å². The molecule has 208 valence electrons. The number of carbonyl (C=O) groups is 1. The van der Waals surface area contributed by atoms with E-state index in [-0.39, 0.29) is 40.8 Å². The van der Waals surface area contributed by atoms with Gasteiger partial charge in [0.2, 0.25) is 0 Å². The Morgan fingerprint density at radius 2 is 1.87 bits per heavy atom. The third-order valence-corrected chi connectivity index (χ3v) is 9.72. The number of hydrogen-bond acceptors (Lipinski definition) is 3. The number of carboxylic acid groups (broad SMARTS) is 1. The van der Waals surface area contributed by atoms with E-state index in [2.05, 4.69) is 25.7 Å². The Morgan fingerprint density at radius 1 is 1.16 bits per heavy atom. The summed E-state index contributed by atoms with van der Waals surface area (Å²) in [5, 5.41) is 10.4. The zero-order valence-electron chi connectivity index (χ0n) is 22.7. The minimum Gasteiger partial charge on any atom is -0.490 e. The Bertz CT molecular complexity index is 1170. The smallest absolute Gasteiger partial charge is 0.420 e. The highest BCUT2D eigenvalue weighted by atomic mass is 19.4. The van der Waals surface area contributed by atoms with Crippen molar-refractivity contribution in [3.05, 3.63) is 41.5 Å². The summed E-state index contributed by atoms with van der Waals surface area (Å²) in [6, 6.07) is 8.63. The zero-order chi connectivity index (χ0) is 27.2. The summed E-state index contributed by atoms with van der Waals surface area (Å²) in [6.07, 6.45) is 3.98. The number of alkyl halides is 3. The minimum atomic E-state index is -4.54. The van der Waals surface area contributed by atoms with E-state index < -0.39 is 17.7 Å². The van der Waals surface area contributed by atoms with Crippen LogP contribution in [0.1, 0.15) is 102 Å². The third kappa shape index (κ3) is 5.15. The Balaban J connectivity index is 1.49. The first-order valence-electron chi connectivity index (χ1n) is 14.3. The summed E-state index contributed by atoms with van der Waals surface area (Å²) in [5.74, 6) is -0.540. The quantitative estimate of drug-likeness (QED) is 0.407. The van der Waals surface area contributed by atoms with Crippen molar-refractivity contribution in [1.29, 1.82) is 0 Å². The summed E-state index contributed by atoms with van der Waals surface area (Å²) in [6.45, 7) is 6.35. The van der Waals surface area contributed by atoms with Crippen LogP contribution in [-0.2, 0) is 11.0 Å². The number of carboxylic acids is 1. The second-order valence-electron chi connectivity index (χ2n) is 12.2. The van der Waals surface area contributed by atoms with Crippen LogP contribution in [0.2, 0.25) is 0 Å². The number of nitrogens with zero attached hydrogens (tertiary/aromatic N) is 1. The molecular formula is C31H40F3NO3. The van der Waals surface area contributed by atoms with Crippen LogP contribution in [0.5, 0.6) is 5.75 Å². The van der Waals surface area contributed by atoms with E-state index in [4.69, 9.17) is 4.74 Å². The maximum atomic E-state index is 14.6. The molecule has 3 fully saturated rings. The Kier molecular flexibility index (Phi) is 7.44. The molecule has 1 saturated carbocycles. The number of fused-ring (bicyclic) bond motifs is 3. The molecule has 4 unspecified atom stereocenters. The molecule has 1 aliphatic carbocycles. The molecule has 4 nitrogen and oxygen atoms in total. The fourth-order valence-corrected chi connectivity index (χ4v) is 7.75. The number of piperidine rings is 2. The highest BCUT2D eigenvalue weighted by molar-refractivity contribution is 5.89. The van der Waals surface area contributed by atoms with Crippen molar-refractivity contribution < 1.29 is 27.8 Å². The molecule has 0 aromatic heterocycles. The van der Waals surface area contributed by atoms with Crippen molar-refractivity contribution in [1.82, 2.24) is 4.90 Å². The van der Waals surface area contributed by atoms with Crippen LogP contribution in [0.3, 0.4) is 0 Å². The molecule has 1 N–H and O–H groups in total. The normalized spacial score (nSPS) is 31.2. The maximum absolute atomic E-state index is 14.6. The van der Waals surface area contributed by atoms with E-state index in [9.17, 15) is 23.1 Å². The molecule has 2 bridgehead atoms. The fourth-order valence-electron chi connectivity index (χ4n) is 7.75. The molecule has 38 heavy (non-hydrogen) atoms. The van der Waals surface area contributed by atoms with Gasteiger partial charge in [-0.2, -0.15) is 13.2 Å². The number of rotatable bonds is 6. The molecule has 2 heterocycles. The fraction of sp³-hybridized carbons (Fsp3) is 0.645. The third-order valence-electron chi connectivity index (χ3n) is 9.72. The van der Waals surface area contributed by atoms with E-state index in [1.54, 1.807) is 18.2 Å². The van der Waals surface area contributed by atoms with Gasteiger partial charge in [0.25, 0.3) is 0 Å². The van der Waals surface area contributed by atoms with Crippen LogP contribution in [0, 0.1) is 11.8 Å². The summed E-state index contributed by atoms with van der Waals surface area (Å²) in [4.78, 5) is 14.2. The number of benzene rings is 2. The predicted molar refractivity (Wildman–Crippen MR) is 142 cm³/mol. The van der Waals surface area contributed by atoms with Crippen molar-refractivity contribution in [3.63, 3.8) is 0 Å². The van der Waals surface area contributed by atoms with E-state index in [0.717, 1.165) is 56.9 Å². The minimum absolute atomic E-state index is 0.0687. The van der Waals surface area contributed by atoms with Crippen LogP contribution >= 0.6 is 0 Å². The first kappa shape index (κ1) is 27.3. The number of hydrogen-bond donors (Lipinski definition) is 1. The van der Waals surface area contributed by atoms with Crippen LogP contribution in [0.15, 0.2) is 30.3 Å². The molecule has 0 amide bonds. The van der Waals surface area contributed by atoms with Gasteiger partial charge in [0, 0.05) is 17.6 Å². The molecular weight excluding hydrogens is 491 g/mol. The van der Waals surface area contributed by atoms with Crippen molar-refractivity contribution >= 4 is 16.7 Å². The second kappa shape index (κ2) is 10.4. The molecule has 5 rings (SSSR count). The van der Waals surface area contributed by atoms with E-state index in [1.807, 2.05) is 6.07 Å². The van der Waals surface area contributed by atoms with Crippen LogP contribution in [-0.4, -0.2) is 33.7 Å². The lowest BCUT2D eigenvalue weighted by Crippen LogP contribution is -2.60. The lowest BCUT2D eigenvalue weighted by molar-refractivity contribution is -0.151. The van der Waals surface area contributed by atoms with Crippen LogP contribution in [0.4, 0.5) is 13.2 Å². The first-order chi connectivity index (χ1) is 18.0. The van der Waals surface area contributed by atoms with Crippen molar-refractivity contribution in [2.45, 2.75) is 115 Å². The lowest BCUT2D eigenvalue weighted by atomic mass is 9.69. The van der Waals surface area contributed by atoms with Crippen molar-refractivity contribution in [3.8, 4) is 5.75 Å². The number of aliphatic carboxylic acids is 1. The summed E-state index contributed by atoms with van der Waals surface area (Å²) in [7, 11) is 0. The van der Waals surface area contributed by atoms with Gasteiger partial charge in [-0.05, 0) is 99.6 Å². The Hall–Kier alpha value is -2.28. The van der Waals surface area contributed by atoms with Crippen molar-refractivity contribution in [2.75, 3.05) is 0 Å². The van der Waals surface area contributed by atoms with Gasteiger partial charge in [-0.1, -0.05) is 38.0 Å². The zero-order valence-corrected chi connectivity index (χ0v) is 22.7. The Labute approximate surface area is 223 Å². The monoisotopic (exact) mass is 531 g/mol. The summed E-state index contributed by atoms with van der Waals surface area (Å²) >= 11 is 0. The highest BCUT2D eigenvalue weighted by Gasteiger charge is 2.50. The van der Waals surface area contributed by atoms with Gasteiger partial charge in [-0.15, -0.1) is 0 Å². The molecule has 4 atom stereocenters. The molecule has 2 aliphatic heterocycles. The summed E-state index contributed by atoms with van der Waals surface area (Å²) in [5.41, 5.74) is -0.138. The topological polar surface area (TPSA) is 49.8 Å². The van der Waals surface area contributed by atoms with Gasteiger partial charge in [0.1, 0.15) is 11.3 Å². The van der Waals surface area contributed by atoms with Gasteiger partial charge in [0.05, 0.1) is 12.0 Å². The molecule has 2 aromatic carbocycles. The first-order valence-corrected chi connectivity index (χ1v) is 14.3. The Morgan fingerprint density at radius 3 is 2.50 bits per heavy atom. The van der Waals surface area contributed by atoms with E-state index in [1.165, 1.54) is 6.07 Å². The SMILES string of the molecule is CC[C@H]1CC[C@@H](Oc2ccc3ccc(C(C)N4C5CCCC4(C)CC(C(=O)O)C5)cc3c2C(F)(F)F)CC1. The maximum Gasteiger partial charge on any atom is 0.420 e. The highest BCUT2D eigenvalue weighted by Crippen LogP contribution is 2.49. The van der Waals surface area contributed by atoms with Crippen LogP contribution in [0.25, 0.3) is 10.8 Å². The number of ether oxygens (including phenoxy) is 1. The van der Waals surface area contributed by atoms with Gasteiger partial charge in [-0.25, -0.2) is 0 Å². The number of halogens is 3. The second-order valence-corrected chi connectivity index (χ2v) is 12.2. The molecule has 3 aliphatic rings. The molecule has 0 radical (unpaired) electrons. The standard InChI is InChI=1S/C31H40F3NO3/c1-4-20-7-12-25(13-8-20)38-27-14-11-21-9-10-22(17-26(21)28(27)31(32,33)34)19(2)35-24-6-5-15-30(35,3)18-23(16-24)29(36)37/h9-11,14,17,19-20,23-25H,4-8,12-13,15-16,18H2,1-3H3,(H,36,37)/t19?,20-,23?,24?,25+,30?. The average molecular weight is 532 g/mol. The lowest BCUT2D eigenvalue weighted by Gasteiger charge is -2.57. The predicted octanol–water partition coefficient (Wildman–Crippen LogP) is 8.38. The van der Waals surface area contributed by atoms with Gasteiger partial charge < -0.3 is 9.84 Å². The van der Waals surface area contributed by atoms with Gasteiger partial charge >= 0.3 is 12.1 Å². The van der Waals surface area contributed by atoms with Gasteiger partial charge in [0.15, 0.2) is 0 Å². The van der Waals surface area contributed by atoms with E-state index >= 15 is 0 Å². The molecule has 0 spiro atoms. The molecule has 7 heteroatoms. The average Bonchev–Trinajstić information content (AvgIpc) is 2.86. The molecule has 2 aromatic rings. The van der Waals surface area contributed by atoms with Crippen LogP contribution < -0.4 is 4.74 Å². The largest absolute Gasteiger partial charge is 0.490 e. The summed E-state index contributed by atoms with van der Waals surface area (Å²) < 4.78 is 49.7. The van der Waals surface area contributed by atoms with Crippen molar-refractivity contribution in [2.24, 2.45) is 11.8 Å². The molecule has 2 saturated heterocycles.